The number of nitrogens with one attached hydrogen (secondary N) is 2. The molecule has 0 unspecified atom stereocenters. The van der Waals surface area contributed by atoms with Crippen LogP contribution in [0.4, 0.5) is 5.69 Å². The van der Waals surface area contributed by atoms with Crippen LogP contribution in [0, 0.1) is 13.8 Å². The molecule has 0 radical (unpaired) electrons. The van der Waals surface area contributed by atoms with E-state index < -0.39 is 6.04 Å². The van der Waals surface area contributed by atoms with Gasteiger partial charge >= 0.3 is 5.91 Å². The Morgan fingerprint density at radius 2 is 1.66 bits per heavy atom. The van der Waals surface area contributed by atoms with Crippen molar-refractivity contribution in [3.8, 4) is 0 Å². The van der Waals surface area contributed by atoms with Crippen LogP contribution in [0.5, 0.6) is 0 Å². The molecule has 1 fully saturated rings. The molecule has 1 aliphatic heterocycles. The zero-order valence-electron chi connectivity index (χ0n) is 20.8. The van der Waals surface area contributed by atoms with Gasteiger partial charge in [-0.25, -0.2) is 0 Å². The number of benzene rings is 3. The highest BCUT2D eigenvalue weighted by molar-refractivity contribution is 5.98. The molecule has 35 heavy (non-hydrogen) atoms. The third-order valence-corrected chi connectivity index (χ3v) is 6.43. The maximum absolute atomic E-state index is 13.1. The average Bonchev–Trinajstić information content (AvgIpc) is 3.15. The van der Waals surface area contributed by atoms with Gasteiger partial charge in [-0.3, -0.25) is 9.59 Å². The van der Waals surface area contributed by atoms with Crippen LogP contribution in [0.3, 0.4) is 0 Å². The first kappa shape index (κ1) is 24.2. The first-order valence-corrected chi connectivity index (χ1v) is 12.1. The van der Waals surface area contributed by atoms with E-state index >= 15 is 0 Å². The average molecular weight is 470 g/mol. The van der Waals surface area contributed by atoms with E-state index in [1.54, 1.807) is 10.8 Å². The normalized spacial score (nSPS) is 18.4. The first-order valence-electron chi connectivity index (χ1n) is 12.1. The molecule has 1 heterocycles. The summed E-state index contributed by atoms with van der Waals surface area (Å²) >= 11 is 0. The van der Waals surface area contributed by atoms with Gasteiger partial charge in [0.15, 0.2) is 6.04 Å². The molecule has 0 spiro atoms. The van der Waals surface area contributed by atoms with Gasteiger partial charge in [0.2, 0.25) is 12.3 Å². The van der Waals surface area contributed by atoms with Gasteiger partial charge < -0.3 is 10.2 Å². The van der Waals surface area contributed by atoms with Crippen LogP contribution in [-0.4, -0.2) is 41.8 Å². The summed E-state index contributed by atoms with van der Waals surface area (Å²) < 4.78 is 1.81. The summed E-state index contributed by atoms with van der Waals surface area (Å²) in [6, 6.07) is 22.6. The predicted molar refractivity (Wildman–Crippen MR) is 140 cm³/mol. The second-order valence-electron chi connectivity index (χ2n) is 8.95. The molecule has 2 N–H and O–H groups in total. The Morgan fingerprint density at radius 3 is 2.29 bits per heavy atom. The van der Waals surface area contributed by atoms with Gasteiger partial charge in [0.25, 0.3) is 5.91 Å². The lowest BCUT2D eigenvalue weighted by Crippen LogP contribution is -2.42. The number of hydrogen-bond acceptors (Lipinski definition) is 3. The minimum atomic E-state index is -0.739. The van der Waals surface area contributed by atoms with E-state index in [1.165, 1.54) is 0 Å². The molecule has 180 valence electrons. The van der Waals surface area contributed by atoms with Crippen LogP contribution in [0.1, 0.15) is 52.5 Å². The fraction of sp³-hybridized carbons (Fsp3) is 0.276. The highest BCUT2D eigenvalue weighted by atomic mass is 16.2. The summed E-state index contributed by atoms with van der Waals surface area (Å²) in [7, 11) is 0. The number of hydrazone groups is 1. The lowest BCUT2D eigenvalue weighted by atomic mass is 9.98. The van der Waals surface area contributed by atoms with E-state index in [9.17, 15) is 9.59 Å². The first-order chi connectivity index (χ1) is 16.9. The maximum atomic E-state index is 13.1. The second-order valence-corrected chi connectivity index (χ2v) is 8.95. The number of nitrogens with zero attached hydrogens (tertiary/aromatic N) is 2. The Balaban J connectivity index is 1.67. The number of anilines is 1. The number of hydrogen-bond donors (Lipinski definition) is 2. The van der Waals surface area contributed by atoms with Crippen molar-refractivity contribution in [1.29, 1.82) is 0 Å². The van der Waals surface area contributed by atoms with Gasteiger partial charge in [-0.15, -0.1) is 10.1 Å². The fourth-order valence-electron chi connectivity index (χ4n) is 4.48. The Labute approximate surface area is 207 Å². The van der Waals surface area contributed by atoms with E-state index in [0.29, 0.717) is 5.56 Å². The summed E-state index contributed by atoms with van der Waals surface area (Å²) in [5, 5.41) is 2.97. The summed E-state index contributed by atoms with van der Waals surface area (Å²) in [6.07, 6.45) is 1.92. The number of amides is 2. The highest BCUT2D eigenvalue weighted by Gasteiger charge is 2.47. The number of hydrazine groups is 1. The molecule has 3 aromatic carbocycles. The second kappa shape index (κ2) is 10.6. The molecule has 3 aromatic rings. The van der Waals surface area contributed by atoms with Gasteiger partial charge in [0, 0.05) is 35.5 Å². The van der Waals surface area contributed by atoms with Crippen molar-refractivity contribution in [2.45, 2.75) is 39.8 Å². The SMILES string of the molecule is CCN(CC)c1ccc(/C=[N+]2\NC(=O)[C@@H](NC(=O)c3cccc(C)c3)[C@@H]2c2ccc(C)cc2)cc1. The van der Waals surface area contributed by atoms with E-state index in [4.69, 9.17) is 0 Å². The molecular formula is C29H33N4O2+. The van der Waals surface area contributed by atoms with Crippen molar-refractivity contribution in [2.24, 2.45) is 0 Å². The van der Waals surface area contributed by atoms with Crippen molar-refractivity contribution >= 4 is 23.7 Å². The topological polar surface area (TPSA) is 64.5 Å². The van der Waals surface area contributed by atoms with Gasteiger partial charge in [-0.1, -0.05) is 47.5 Å². The van der Waals surface area contributed by atoms with Crippen LogP contribution >= 0.6 is 0 Å². The van der Waals surface area contributed by atoms with Crippen LogP contribution in [0.15, 0.2) is 72.8 Å². The predicted octanol–water partition coefficient (Wildman–Crippen LogP) is 4.17. The van der Waals surface area contributed by atoms with Crippen LogP contribution in [-0.2, 0) is 4.79 Å². The molecular weight excluding hydrogens is 436 g/mol. The van der Waals surface area contributed by atoms with E-state index in [1.807, 2.05) is 74.7 Å². The van der Waals surface area contributed by atoms with Gasteiger partial charge in [0.1, 0.15) is 0 Å². The van der Waals surface area contributed by atoms with Crippen LogP contribution in [0.25, 0.3) is 0 Å². The van der Waals surface area contributed by atoms with Gasteiger partial charge in [0.05, 0.1) is 0 Å². The summed E-state index contributed by atoms with van der Waals surface area (Å²) in [5.74, 6) is -0.510. The minimum Gasteiger partial charge on any atom is -0.372 e. The Morgan fingerprint density at radius 1 is 0.971 bits per heavy atom. The zero-order chi connectivity index (χ0) is 24.9. The van der Waals surface area contributed by atoms with Crippen molar-refractivity contribution in [3.63, 3.8) is 0 Å². The Kier molecular flexibility index (Phi) is 7.30. The van der Waals surface area contributed by atoms with Crippen molar-refractivity contribution in [3.05, 3.63) is 101 Å². The largest absolute Gasteiger partial charge is 0.372 e. The third-order valence-electron chi connectivity index (χ3n) is 6.43. The number of rotatable bonds is 7. The zero-order valence-corrected chi connectivity index (χ0v) is 20.8. The molecule has 6 nitrogen and oxygen atoms in total. The Hall–Kier alpha value is -3.93. The van der Waals surface area contributed by atoms with Crippen LogP contribution < -0.4 is 15.6 Å². The van der Waals surface area contributed by atoms with Gasteiger partial charge in [-0.2, -0.15) is 0 Å². The van der Waals surface area contributed by atoms with E-state index in [-0.39, 0.29) is 17.9 Å². The highest BCUT2D eigenvalue weighted by Crippen LogP contribution is 2.26. The monoisotopic (exact) mass is 469 g/mol. The molecule has 1 saturated heterocycles. The molecule has 4 rings (SSSR count). The third kappa shape index (κ3) is 5.43. The standard InChI is InChI=1S/C29H32N4O2/c1-5-32(6-2)25-16-12-22(13-17-25)19-33-27(23-14-10-20(3)11-15-23)26(29(35)31-33)30-28(34)24-9-7-8-21(4)18-24/h7-19,26-27H,5-6H2,1-4H3,(H-,30,31,34,35)/p+1/t26-,27-/m0/s1. The lowest BCUT2D eigenvalue weighted by molar-refractivity contribution is -0.596. The van der Waals surface area contributed by atoms with Crippen molar-refractivity contribution in [1.82, 2.24) is 10.7 Å². The smallest absolute Gasteiger partial charge is 0.304 e. The summed E-state index contributed by atoms with van der Waals surface area (Å²) in [5.41, 5.74) is 8.69. The maximum Gasteiger partial charge on any atom is 0.304 e. The van der Waals surface area contributed by atoms with E-state index in [2.05, 4.69) is 41.6 Å². The molecule has 1 aliphatic rings. The number of carbonyl (C=O) groups is 2. The summed E-state index contributed by atoms with van der Waals surface area (Å²) in [4.78, 5) is 28.4. The molecule has 0 aromatic heterocycles. The minimum absolute atomic E-state index is 0.243. The fourth-order valence-corrected chi connectivity index (χ4v) is 4.48. The Bertz CT molecular complexity index is 1230. The summed E-state index contributed by atoms with van der Waals surface area (Å²) in [6.45, 7) is 10.1. The number of aryl methyl sites for hydroxylation is 2. The molecule has 2 atom stereocenters. The lowest BCUT2D eigenvalue weighted by Gasteiger charge is -2.20. The van der Waals surface area contributed by atoms with Crippen molar-refractivity contribution in [2.75, 3.05) is 18.0 Å². The molecule has 6 heteroatoms. The molecule has 0 saturated carbocycles. The van der Waals surface area contributed by atoms with E-state index in [0.717, 1.165) is 41.0 Å². The molecule has 2 amide bonds. The van der Waals surface area contributed by atoms with Gasteiger partial charge in [-0.05, 0) is 64.1 Å². The van der Waals surface area contributed by atoms with Crippen molar-refractivity contribution < 1.29 is 14.3 Å². The number of carbonyl (C=O) groups excluding carboxylic acids is 2. The quantitative estimate of drug-likeness (QED) is 0.511. The molecule has 0 aliphatic carbocycles. The molecule has 0 bridgehead atoms. The van der Waals surface area contributed by atoms with Crippen LogP contribution in [0.2, 0.25) is 0 Å².